The van der Waals surface area contributed by atoms with Gasteiger partial charge in [-0.05, 0) is 42.5 Å². The van der Waals surface area contributed by atoms with Crippen LogP contribution in [0.4, 0.5) is 5.69 Å². The Bertz CT molecular complexity index is 891. The standard InChI is InChI=1S/C19H15BrClNO2S/c20-11-6-7-14(13(21)9-11)22-15-3-1-4-16(23)19(15)12(10-18(22)24)17-5-2-8-25-17/h2,5-9,12H,1,3-4,10H2/t12-/m0/s1. The van der Waals surface area contributed by atoms with Gasteiger partial charge in [0.25, 0.3) is 0 Å². The zero-order valence-electron chi connectivity index (χ0n) is 13.3. The van der Waals surface area contributed by atoms with E-state index in [0.717, 1.165) is 33.5 Å². The Morgan fingerprint density at radius 2 is 2.04 bits per heavy atom. The molecule has 25 heavy (non-hydrogen) atoms. The predicted molar refractivity (Wildman–Crippen MR) is 104 cm³/mol. The molecule has 1 atom stereocenters. The number of ketones is 1. The largest absolute Gasteiger partial charge is 0.294 e. The summed E-state index contributed by atoms with van der Waals surface area (Å²) in [5, 5.41) is 2.49. The Balaban J connectivity index is 1.88. The number of Topliss-reactive ketones (excluding diaryl/α,β-unsaturated/α-hetero) is 1. The van der Waals surface area contributed by atoms with Crippen molar-refractivity contribution in [2.75, 3.05) is 4.90 Å². The lowest BCUT2D eigenvalue weighted by molar-refractivity contribution is -0.119. The highest BCUT2D eigenvalue weighted by atomic mass is 79.9. The molecule has 2 aliphatic rings. The molecule has 4 rings (SSSR count). The minimum atomic E-state index is -0.124. The molecule has 3 nitrogen and oxygen atoms in total. The number of hydrogen-bond donors (Lipinski definition) is 0. The first-order valence-corrected chi connectivity index (χ1v) is 10.2. The van der Waals surface area contributed by atoms with Gasteiger partial charge in [0.2, 0.25) is 5.91 Å². The van der Waals surface area contributed by atoms with Crippen LogP contribution in [0.25, 0.3) is 0 Å². The summed E-state index contributed by atoms with van der Waals surface area (Å²) in [6.07, 6.45) is 2.35. The van der Waals surface area contributed by atoms with Gasteiger partial charge in [-0.25, -0.2) is 0 Å². The van der Waals surface area contributed by atoms with E-state index in [2.05, 4.69) is 15.9 Å². The second-order valence-electron chi connectivity index (χ2n) is 6.23. The van der Waals surface area contributed by atoms with Gasteiger partial charge >= 0.3 is 0 Å². The summed E-state index contributed by atoms with van der Waals surface area (Å²) in [6, 6.07) is 9.46. The van der Waals surface area contributed by atoms with Crippen LogP contribution in [-0.2, 0) is 9.59 Å². The fraction of sp³-hybridized carbons (Fsp3) is 0.263. The molecule has 2 aromatic rings. The first-order valence-electron chi connectivity index (χ1n) is 8.14. The van der Waals surface area contributed by atoms with Crippen molar-refractivity contribution in [1.29, 1.82) is 0 Å². The van der Waals surface area contributed by atoms with Crippen molar-refractivity contribution >= 4 is 56.2 Å². The van der Waals surface area contributed by atoms with Crippen LogP contribution in [0, 0.1) is 0 Å². The fourth-order valence-electron chi connectivity index (χ4n) is 3.67. The maximum absolute atomic E-state index is 13.0. The number of amides is 1. The summed E-state index contributed by atoms with van der Waals surface area (Å²) in [6.45, 7) is 0. The summed E-state index contributed by atoms with van der Waals surface area (Å²) in [7, 11) is 0. The molecule has 2 heterocycles. The van der Waals surface area contributed by atoms with Gasteiger partial charge in [0.1, 0.15) is 0 Å². The van der Waals surface area contributed by atoms with Crippen LogP contribution in [0.3, 0.4) is 0 Å². The van der Waals surface area contributed by atoms with E-state index in [9.17, 15) is 9.59 Å². The summed E-state index contributed by atoms with van der Waals surface area (Å²) in [4.78, 5) is 28.5. The Kier molecular flexibility index (Phi) is 4.56. The number of carbonyl (C=O) groups excluding carboxylic acids is 2. The summed E-state index contributed by atoms with van der Waals surface area (Å²) < 4.78 is 0.857. The molecule has 0 spiro atoms. The number of allylic oxidation sites excluding steroid dienone is 2. The molecule has 1 amide bonds. The maximum Gasteiger partial charge on any atom is 0.232 e. The quantitative estimate of drug-likeness (QED) is 0.606. The van der Waals surface area contributed by atoms with Crippen LogP contribution in [0.5, 0.6) is 0 Å². The van der Waals surface area contributed by atoms with Crippen LogP contribution in [0.15, 0.2) is 51.5 Å². The van der Waals surface area contributed by atoms with Gasteiger partial charge in [0, 0.05) is 39.4 Å². The van der Waals surface area contributed by atoms with E-state index < -0.39 is 0 Å². The van der Waals surface area contributed by atoms with Crippen molar-refractivity contribution < 1.29 is 9.59 Å². The van der Waals surface area contributed by atoms with E-state index in [-0.39, 0.29) is 17.6 Å². The second kappa shape index (κ2) is 6.71. The van der Waals surface area contributed by atoms with Crippen LogP contribution in [-0.4, -0.2) is 11.7 Å². The van der Waals surface area contributed by atoms with E-state index in [1.807, 2.05) is 29.6 Å². The van der Waals surface area contributed by atoms with Gasteiger partial charge in [0.15, 0.2) is 5.78 Å². The Morgan fingerprint density at radius 3 is 2.76 bits per heavy atom. The molecule has 1 aromatic carbocycles. The molecule has 0 unspecified atom stereocenters. The third-order valence-corrected chi connectivity index (χ3v) is 6.49. The Hall–Kier alpha value is -1.43. The van der Waals surface area contributed by atoms with Gasteiger partial charge in [-0.3, -0.25) is 14.5 Å². The van der Waals surface area contributed by atoms with Crippen LogP contribution in [0.1, 0.15) is 36.5 Å². The SMILES string of the molecule is O=C1CCCC2=C1[C@H](c1cccs1)CC(=O)N2c1ccc(Br)cc1Cl. The Morgan fingerprint density at radius 1 is 1.20 bits per heavy atom. The normalized spacial score (nSPS) is 20.9. The van der Waals surface area contributed by atoms with Gasteiger partial charge in [-0.15, -0.1) is 11.3 Å². The average molecular weight is 437 g/mol. The minimum Gasteiger partial charge on any atom is -0.294 e. The lowest BCUT2D eigenvalue weighted by Crippen LogP contribution is -2.40. The van der Waals surface area contributed by atoms with Crippen molar-refractivity contribution in [1.82, 2.24) is 0 Å². The van der Waals surface area contributed by atoms with Gasteiger partial charge in [-0.1, -0.05) is 33.6 Å². The summed E-state index contributed by atoms with van der Waals surface area (Å²) >= 11 is 11.4. The van der Waals surface area contributed by atoms with Crippen LogP contribution in [0.2, 0.25) is 5.02 Å². The molecule has 1 aromatic heterocycles. The van der Waals surface area contributed by atoms with Crippen molar-refractivity contribution in [3.05, 3.63) is 61.4 Å². The fourth-order valence-corrected chi connectivity index (χ4v) is 5.26. The van der Waals surface area contributed by atoms with E-state index in [1.54, 1.807) is 22.3 Å². The number of nitrogens with zero attached hydrogens (tertiary/aromatic N) is 1. The van der Waals surface area contributed by atoms with Crippen LogP contribution >= 0.6 is 38.9 Å². The first-order chi connectivity index (χ1) is 12.1. The first kappa shape index (κ1) is 17.0. The highest BCUT2D eigenvalue weighted by Crippen LogP contribution is 2.45. The molecule has 0 saturated carbocycles. The third-order valence-electron chi connectivity index (χ3n) is 4.71. The molecule has 1 aliphatic heterocycles. The molecule has 6 heteroatoms. The average Bonchev–Trinajstić information content (AvgIpc) is 3.10. The second-order valence-corrected chi connectivity index (χ2v) is 8.54. The molecule has 0 saturated heterocycles. The number of benzene rings is 1. The topological polar surface area (TPSA) is 37.4 Å². The summed E-state index contributed by atoms with van der Waals surface area (Å²) in [5.74, 6) is 0.0298. The van der Waals surface area contributed by atoms with Crippen molar-refractivity contribution in [2.45, 2.75) is 31.6 Å². The molecule has 0 fully saturated rings. The molecule has 1 aliphatic carbocycles. The molecule has 0 N–H and O–H groups in total. The van der Waals surface area contributed by atoms with E-state index in [0.29, 0.717) is 23.6 Å². The number of hydrogen-bond acceptors (Lipinski definition) is 3. The van der Waals surface area contributed by atoms with E-state index in [1.165, 1.54) is 0 Å². The molecule has 0 radical (unpaired) electrons. The van der Waals surface area contributed by atoms with Crippen LogP contribution < -0.4 is 4.90 Å². The summed E-state index contributed by atoms with van der Waals surface area (Å²) in [5.41, 5.74) is 2.28. The highest BCUT2D eigenvalue weighted by molar-refractivity contribution is 9.10. The number of halogens is 2. The monoisotopic (exact) mass is 435 g/mol. The maximum atomic E-state index is 13.0. The number of rotatable bonds is 2. The van der Waals surface area contributed by atoms with Gasteiger partial charge < -0.3 is 0 Å². The number of thiophene rings is 1. The zero-order chi connectivity index (χ0) is 17.6. The van der Waals surface area contributed by atoms with E-state index >= 15 is 0 Å². The minimum absolute atomic E-state index is 0.00364. The smallest absolute Gasteiger partial charge is 0.232 e. The van der Waals surface area contributed by atoms with Crippen molar-refractivity contribution in [2.24, 2.45) is 0 Å². The third kappa shape index (κ3) is 2.98. The highest BCUT2D eigenvalue weighted by Gasteiger charge is 2.40. The number of anilines is 1. The number of carbonyl (C=O) groups is 2. The zero-order valence-corrected chi connectivity index (χ0v) is 16.5. The molecule has 0 bridgehead atoms. The van der Waals surface area contributed by atoms with Crippen molar-refractivity contribution in [3.63, 3.8) is 0 Å². The predicted octanol–water partition coefficient (Wildman–Crippen LogP) is 5.69. The lowest BCUT2D eigenvalue weighted by atomic mass is 9.79. The van der Waals surface area contributed by atoms with Crippen molar-refractivity contribution in [3.8, 4) is 0 Å². The van der Waals surface area contributed by atoms with E-state index in [4.69, 9.17) is 11.6 Å². The molecule has 128 valence electrons. The lowest BCUT2D eigenvalue weighted by Gasteiger charge is -2.38. The molecular weight excluding hydrogens is 422 g/mol. The van der Waals surface area contributed by atoms with Gasteiger partial charge in [-0.2, -0.15) is 0 Å². The molecular formula is C19H15BrClNO2S. The van der Waals surface area contributed by atoms with Gasteiger partial charge in [0.05, 0.1) is 10.7 Å². The Labute approximate surface area is 163 Å².